The van der Waals surface area contributed by atoms with Crippen molar-refractivity contribution in [2.24, 2.45) is 0 Å². The van der Waals surface area contributed by atoms with Crippen LogP contribution in [0.5, 0.6) is 0 Å². The van der Waals surface area contributed by atoms with Crippen LogP contribution in [0, 0.1) is 5.82 Å². The monoisotopic (exact) mass is 205 g/mol. The Kier molecular flexibility index (Phi) is 1.79. The van der Waals surface area contributed by atoms with Gasteiger partial charge < -0.3 is 4.90 Å². The average molecular weight is 205 g/mol. The summed E-state index contributed by atoms with van der Waals surface area (Å²) in [5, 5.41) is 4.40. The van der Waals surface area contributed by atoms with E-state index in [1.807, 2.05) is 6.07 Å². The predicted octanol–water partition coefficient (Wildman–Crippen LogP) is 1.46. The lowest BCUT2D eigenvalue weighted by Crippen LogP contribution is -2.26. The number of pyridine rings is 1. The van der Waals surface area contributed by atoms with Gasteiger partial charge in [0, 0.05) is 18.7 Å². The third-order valence-corrected chi connectivity index (χ3v) is 2.94. The highest BCUT2D eigenvalue weighted by Gasteiger charge is 2.19. The van der Waals surface area contributed by atoms with E-state index >= 15 is 0 Å². The fourth-order valence-electron chi connectivity index (χ4n) is 2.16. The van der Waals surface area contributed by atoms with Crippen LogP contribution in [0.25, 0.3) is 5.52 Å². The second-order valence-electron chi connectivity index (χ2n) is 4.09. The van der Waals surface area contributed by atoms with Crippen LogP contribution in [-0.2, 0) is 13.0 Å². The molecule has 3 rings (SSSR count). The van der Waals surface area contributed by atoms with Crippen LogP contribution in [-0.4, -0.2) is 28.1 Å². The first kappa shape index (κ1) is 8.85. The Morgan fingerprint density at radius 3 is 3.13 bits per heavy atom. The fourth-order valence-corrected chi connectivity index (χ4v) is 2.16. The van der Waals surface area contributed by atoms with Crippen LogP contribution >= 0.6 is 0 Å². The van der Waals surface area contributed by atoms with E-state index in [2.05, 4.69) is 17.0 Å². The maximum absolute atomic E-state index is 13.0. The fraction of sp³-hybridized carbons (Fsp3) is 0.364. The van der Waals surface area contributed by atoms with Crippen molar-refractivity contribution in [3.8, 4) is 0 Å². The van der Waals surface area contributed by atoms with E-state index in [1.54, 1.807) is 4.52 Å². The van der Waals surface area contributed by atoms with E-state index in [1.165, 1.54) is 17.8 Å². The number of hydrogen-bond donors (Lipinski definition) is 0. The van der Waals surface area contributed by atoms with Crippen LogP contribution in [0.1, 0.15) is 11.3 Å². The molecule has 4 heteroatoms. The molecule has 0 atom stereocenters. The summed E-state index contributed by atoms with van der Waals surface area (Å²) in [5.41, 5.74) is 3.39. The standard InChI is InChI=1S/C11H12FN3/c1-14-5-4-9-10(7-14)13-15-6-8(12)2-3-11(9)15/h2-3,6H,4-5,7H2,1H3. The molecule has 0 radical (unpaired) electrons. The lowest BCUT2D eigenvalue weighted by atomic mass is 10.1. The Labute approximate surface area is 87.1 Å². The van der Waals surface area contributed by atoms with Crippen molar-refractivity contribution in [3.05, 3.63) is 35.4 Å². The van der Waals surface area contributed by atoms with Crippen molar-refractivity contribution in [2.45, 2.75) is 13.0 Å². The second-order valence-corrected chi connectivity index (χ2v) is 4.09. The summed E-state index contributed by atoms with van der Waals surface area (Å²) < 4.78 is 14.7. The molecule has 1 aliphatic heterocycles. The molecule has 0 N–H and O–H groups in total. The maximum atomic E-state index is 13.0. The number of hydrogen-bond acceptors (Lipinski definition) is 2. The summed E-state index contributed by atoms with van der Waals surface area (Å²) >= 11 is 0. The van der Waals surface area contributed by atoms with Gasteiger partial charge in [-0.2, -0.15) is 5.10 Å². The van der Waals surface area contributed by atoms with Crippen LogP contribution in [0.4, 0.5) is 4.39 Å². The van der Waals surface area contributed by atoms with Crippen molar-refractivity contribution in [3.63, 3.8) is 0 Å². The lowest BCUT2D eigenvalue weighted by molar-refractivity contribution is 0.309. The van der Waals surface area contributed by atoms with Gasteiger partial charge in [-0.3, -0.25) is 0 Å². The molecule has 0 saturated heterocycles. The summed E-state index contributed by atoms with van der Waals surface area (Å²) in [7, 11) is 2.08. The smallest absolute Gasteiger partial charge is 0.141 e. The summed E-state index contributed by atoms with van der Waals surface area (Å²) in [6.45, 7) is 1.91. The average Bonchev–Trinajstić information content (AvgIpc) is 2.53. The minimum absolute atomic E-state index is 0.240. The van der Waals surface area contributed by atoms with Crippen LogP contribution < -0.4 is 0 Å². The molecular formula is C11H12FN3. The summed E-state index contributed by atoms with van der Waals surface area (Å²) in [5.74, 6) is -0.240. The number of aromatic nitrogens is 2. The number of halogens is 1. The van der Waals surface area contributed by atoms with Crippen LogP contribution in [0.2, 0.25) is 0 Å². The second kappa shape index (κ2) is 3.03. The largest absolute Gasteiger partial charge is 0.300 e. The molecule has 3 heterocycles. The molecule has 0 bridgehead atoms. The van der Waals surface area contributed by atoms with Crippen molar-refractivity contribution in [1.29, 1.82) is 0 Å². The van der Waals surface area contributed by atoms with Crippen molar-refractivity contribution >= 4 is 5.52 Å². The first-order chi connectivity index (χ1) is 7.24. The summed E-state index contributed by atoms with van der Waals surface area (Å²) in [6, 6.07) is 3.31. The van der Waals surface area contributed by atoms with Crippen molar-refractivity contribution < 1.29 is 4.39 Å². The van der Waals surface area contributed by atoms with E-state index in [0.717, 1.165) is 30.7 Å². The maximum Gasteiger partial charge on any atom is 0.141 e. The van der Waals surface area contributed by atoms with Gasteiger partial charge >= 0.3 is 0 Å². The lowest BCUT2D eigenvalue weighted by Gasteiger charge is -2.20. The van der Waals surface area contributed by atoms with E-state index < -0.39 is 0 Å². The Bertz CT molecular complexity index is 518. The summed E-state index contributed by atoms with van der Waals surface area (Å²) in [4.78, 5) is 2.23. The zero-order valence-corrected chi connectivity index (χ0v) is 8.57. The minimum atomic E-state index is -0.240. The molecule has 0 saturated carbocycles. The molecule has 78 valence electrons. The van der Waals surface area contributed by atoms with Gasteiger partial charge in [0.05, 0.1) is 17.4 Å². The van der Waals surface area contributed by atoms with Crippen molar-refractivity contribution in [2.75, 3.05) is 13.6 Å². The molecule has 2 aromatic heterocycles. The Morgan fingerprint density at radius 1 is 1.40 bits per heavy atom. The number of nitrogens with zero attached hydrogens (tertiary/aromatic N) is 3. The van der Waals surface area contributed by atoms with E-state index in [9.17, 15) is 4.39 Å². The Morgan fingerprint density at radius 2 is 2.27 bits per heavy atom. The van der Waals surface area contributed by atoms with Gasteiger partial charge in [0.25, 0.3) is 0 Å². The van der Waals surface area contributed by atoms with Crippen molar-refractivity contribution in [1.82, 2.24) is 14.5 Å². The van der Waals surface area contributed by atoms with Gasteiger partial charge in [-0.25, -0.2) is 8.91 Å². The van der Waals surface area contributed by atoms with Gasteiger partial charge in [-0.15, -0.1) is 0 Å². The van der Waals surface area contributed by atoms with Gasteiger partial charge in [-0.1, -0.05) is 0 Å². The molecule has 1 aliphatic rings. The molecule has 0 spiro atoms. The van der Waals surface area contributed by atoms with Gasteiger partial charge in [-0.05, 0) is 25.6 Å². The molecule has 3 nitrogen and oxygen atoms in total. The van der Waals surface area contributed by atoms with Gasteiger partial charge in [0.1, 0.15) is 5.82 Å². The Balaban J connectivity index is 2.23. The molecule has 15 heavy (non-hydrogen) atoms. The molecule has 2 aromatic rings. The van der Waals surface area contributed by atoms with Crippen LogP contribution in [0.15, 0.2) is 18.3 Å². The SMILES string of the molecule is CN1CCc2c(nn3cc(F)ccc23)C1. The Hall–Kier alpha value is -1.42. The number of likely N-dealkylation sites (N-methyl/N-ethyl adjacent to an activating group) is 1. The highest BCUT2D eigenvalue weighted by atomic mass is 19.1. The molecule has 0 unspecified atom stereocenters. The topological polar surface area (TPSA) is 20.5 Å². The van der Waals surface area contributed by atoms with Gasteiger partial charge in [0.15, 0.2) is 0 Å². The zero-order chi connectivity index (χ0) is 10.4. The molecule has 0 aliphatic carbocycles. The number of fused-ring (bicyclic) bond motifs is 3. The van der Waals surface area contributed by atoms with E-state index in [0.29, 0.717) is 0 Å². The van der Waals surface area contributed by atoms with E-state index in [-0.39, 0.29) is 5.82 Å². The first-order valence-electron chi connectivity index (χ1n) is 5.08. The quantitative estimate of drug-likeness (QED) is 0.649. The highest BCUT2D eigenvalue weighted by Crippen LogP contribution is 2.22. The van der Waals surface area contributed by atoms with E-state index in [4.69, 9.17) is 0 Å². The minimum Gasteiger partial charge on any atom is -0.300 e. The molecule has 0 fully saturated rings. The molecule has 0 amide bonds. The zero-order valence-electron chi connectivity index (χ0n) is 8.57. The van der Waals surface area contributed by atoms with Crippen LogP contribution in [0.3, 0.4) is 0 Å². The molecular weight excluding hydrogens is 193 g/mol. The third kappa shape index (κ3) is 1.33. The first-order valence-corrected chi connectivity index (χ1v) is 5.08. The van der Waals surface area contributed by atoms with Gasteiger partial charge in [0.2, 0.25) is 0 Å². The molecule has 0 aromatic carbocycles. The third-order valence-electron chi connectivity index (χ3n) is 2.94. The predicted molar refractivity (Wildman–Crippen MR) is 55.2 cm³/mol. The number of rotatable bonds is 0. The summed E-state index contributed by atoms with van der Waals surface area (Å²) in [6.07, 6.45) is 2.44. The normalized spacial score (nSPS) is 16.9. The highest BCUT2D eigenvalue weighted by molar-refractivity contribution is 5.57.